The van der Waals surface area contributed by atoms with Crippen molar-refractivity contribution in [2.45, 2.75) is 25.8 Å². The van der Waals surface area contributed by atoms with Crippen LogP contribution in [0.15, 0.2) is 36.4 Å². The van der Waals surface area contributed by atoms with Gasteiger partial charge in [0.2, 0.25) is 0 Å². The van der Waals surface area contributed by atoms with E-state index in [-0.39, 0.29) is 0 Å². The Hall–Kier alpha value is -1.56. The van der Waals surface area contributed by atoms with E-state index < -0.39 is 0 Å². The van der Waals surface area contributed by atoms with Crippen molar-refractivity contribution in [1.82, 2.24) is 9.55 Å². The minimum atomic E-state index is 0.318. The van der Waals surface area contributed by atoms with Crippen LogP contribution in [0.1, 0.15) is 24.4 Å². The summed E-state index contributed by atoms with van der Waals surface area (Å²) in [5.41, 5.74) is 4.43. The number of aromatic hydroxyl groups is 1. The lowest BCUT2D eigenvalue weighted by molar-refractivity contribution is 0.471. The van der Waals surface area contributed by atoms with E-state index in [0.29, 0.717) is 11.8 Å². The SMILES string of the molecule is Cc1ccc2c(c1)nc(-c1ccc(I)c(O)c1)n2C1CC1. The highest BCUT2D eigenvalue weighted by molar-refractivity contribution is 14.1. The quantitative estimate of drug-likeness (QED) is 0.647. The molecule has 3 aromatic rings. The number of aromatic nitrogens is 2. The van der Waals surface area contributed by atoms with Gasteiger partial charge in [0.05, 0.1) is 14.6 Å². The molecular formula is C17H15IN2O. The Kier molecular flexibility index (Phi) is 2.96. The minimum absolute atomic E-state index is 0.318. The van der Waals surface area contributed by atoms with E-state index in [1.54, 1.807) is 0 Å². The molecule has 0 spiro atoms. The van der Waals surface area contributed by atoms with Crippen LogP contribution in [-0.2, 0) is 0 Å². The fraction of sp³-hybridized carbons (Fsp3) is 0.235. The molecule has 1 aromatic heterocycles. The van der Waals surface area contributed by atoms with Gasteiger partial charge in [0.25, 0.3) is 0 Å². The topological polar surface area (TPSA) is 38.1 Å². The van der Waals surface area contributed by atoms with E-state index in [2.05, 4.69) is 52.3 Å². The highest BCUT2D eigenvalue weighted by Crippen LogP contribution is 2.41. The summed E-state index contributed by atoms with van der Waals surface area (Å²) in [7, 11) is 0. The molecule has 0 saturated heterocycles. The number of imidazole rings is 1. The van der Waals surface area contributed by atoms with Gasteiger partial charge in [-0.2, -0.15) is 0 Å². The standard InChI is InChI=1S/C17H15IN2O/c1-10-2-7-15-14(8-10)19-17(20(15)12-4-5-12)11-3-6-13(18)16(21)9-11/h2-3,6-9,12,21H,4-5H2,1H3. The first-order chi connectivity index (χ1) is 10.1. The maximum Gasteiger partial charge on any atom is 0.141 e. The molecule has 1 aliphatic carbocycles. The van der Waals surface area contributed by atoms with Crippen LogP contribution in [0.5, 0.6) is 5.75 Å². The summed E-state index contributed by atoms with van der Waals surface area (Å²) in [6.07, 6.45) is 2.42. The molecule has 0 bridgehead atoms. The van der Waals surface area contributed by atoms with Crippen molar-refractivity contribution < 1.29 is 5.11 Å². The van der Waals surface area contributed by atoms with Crippen molar-refractivity contribution in [2.24, 2.45) is 0 Å². The van der Waals surface area contributed by atoms with Gasteiger partial charge in [-0.15, -0.1) is 0 Å². The lowest BCUT2D eigenvalue weighted by Gasteiger charge is -2.08. The number of phenolic OH excluding ortho intramolecular Hbond substituents is 1. The summed E-state index contributed by atoms with van der Waals surface area (Å²) < 4.78 is 3.19. The molecule has 3 nitrogen and oxygen atoms in total. The summed E-state index contributed by atoms with van der Waals surface area (Å²) >= 11 is 2.14. The molecule has 106 valence electrons. The molecule has 21 heavy (non-hydrogen) atoms. The maximum atomic E-state index is 9.98. The Balaban J connectivity index is 1.98. The van der Waals surface area contributed by atoms with E-state index in [4.69, 9.17) is 4.98 Å². The molecule has 4 rings (SSSR count). The molecule has 1 saturated carbocycles. The Morgan fingerprint density at radius 3 is 2.71 bits per heavy atom. The molecular weight excluding hydrogens is 375 g/mol. The van der Waals surface area contributed by atoms with Gasteiger partial charge in [-0.1, -0.05) is 6.07 Å². The summed E-state index contributed by atoms with van der Waals surface area (Å²) in [6, 6.07) is 12.8. The Morgan fingerprint density at radius 2 is 2.00 bits per heavy atom. The lowest BCUT2D eigenvalue weighted by Crippen LogP contribution is -1.97. The lowest BCUT2D eigenvalue weighted by atomic mass is 10.2. The molecule has 2 aromatic carbocycles. The average molecular weight is 390 g/mol. The number of nitrogens with zero attached hydrogens (tertiary/aromatic N) is 2. The zero-order valence-electron chi connectivity index (χ0n) is 11.7. The number of fused-ring (bicyclic) bond motifs is 1. The molecule has 0 radical (unpaired) electrons. The largest absolute Gasteiger partial charge is 0.507 e. The number of hydrogen-bond donors (Lipinski definition) is 1. The third-order valence-electron chi connectivity index (χ3n) is 3.96. The van der Waals surface area contributed by atoms with Crippen LogP contribution in [0, 0.1) is 10.5 Å². The molecule has 0 unspecified atom stereocenters. The van der Waals surface area contributed by atoms with E-state index in [1.807, 2.05) is 18.2 Å². The summed E-state index contributed by atoms with van der Waals surface area (Å²) in [5, 5.41) is 9.98. The smallest absolute Gasteiger partial charge is 0.141 e. The second kappa shape index (κ2) is 4.73. The third kappa shape index (κ3) is 2.21. The van der Waals surface area contributed by atoms with Gasteiger partial charge < -0.3 is 9.67 Å². The van der Waals surface area contributed by atoms with Gasteiger partial charge in [0.15, 0.2) is 0 Å². The normalized spacial score (nSPS) is 14.8. The fourth-order valence-electron chi connectivity index (χ4n) is 2.77. The van der Waals surface area contributed by atoms with Crippen molar-refractivity contribution in [3.05, 3.63) is 45.5 Å². The molecule has 4 heteroatoms. The van der Waals surface area contributed by atoms with E-state index in [0.717, 1.165) is 20.5 Å². The highest BCUT2D eigenvalue weighted by atomic mass is 127. The van der Waals surface area contributed by atoms with Crippen LogP contribution >= 0.6 is 22.6 Å². The van der Waals surface area contributed by atoms with Crippen molar-refractivity contribution in [3.63, 3.8) is 0 Å². The summed E-state index contributed by atoms with van der Waals surface area (Å²) in [6.45, 7) is 2.09. The number of hydrogen-bond acceptors (Lipinski definition) is 2. The second-order valence-electron chi connectivity index (χ2n) is 5.69. The molecule has 1 fully saturated rings. The van der Waals surface area contributed by atoms with Crippen LogP contribution < -0.4 is 0 Å². The van der Waals surface area contributed by atoms with Gasteiger partial charge in [0, 0.05) is 11.6 Å². The Bertz CT molecular complexity index is 849. The molecule has 1 heterocycles. The van der Waals surface area contributed by atoms with Crippen LogP contribution in [0.25, 0.3) is 22.4 Å². The van der Waals surface area contributed by atoms with Gasteiger partial charge in [-0.25, -0.2) is 4.98 Å². The number of phenols is 1. The third-order valence-corrected chi connectivity index (χ3v) is 4.87. The minimum Gasteiger partial charge on any atom is -0.507 e. The molecule has 1 N–H and O–H groups in total. The number of aryl methyl sites for hydroxylation is 1. The average Bonchev–Trinajstić information content (AvgIpc) is 3.22. The van der Waals surface area contributed by atoms with Crippen molar-refractivity contribution in [1.29, 1.82) is 0 Å². The fourth-order valence-corrected chi connectivity index (χ4v) is 3.10. The zero-order chi connectivity index (χ0) is 14.6. The maximum absolute atomic E-state index is 9.98. The van der Waals surface area contributed by atoms with Gasteiger partial charge in [-0.05, 0) is 78.3 Å². The molecule has 1 aliphatic rings. The molecule has 0 amide bonds. The van der Waals surface area contributed by atoms with Crippen LogP contribution in [0.4, 0.5) is 0 Å². The van der Waals surface area contributed by atoms with E-state index >= 15 is 0 Å². The van der Waals surface area contributed by atoms with Crippen molar-refractivity contribution in [2.75, 3.05) is 0 Å². The van der Waals surface area contributed by atoms with Crippen LogP contribution in [-0.4, -0.2) is 14.7 Å². The van der Waals surface area contributed by atoms with Gasteiger partial charge >= 0.3 is 0 Å². The van der Waals surface area contributed by atoms with Crippen molar-refractivity contribution in [3.8, 4) is 17.1 Å². The van der Waals surface area contributed by atoms with Gasteiger partial charge in [-0.3, -0.25) is 0 Å². The predicted molar refractivity (Wildman–Crippen MR) is 92.6 cm³/mol. The Morgan fingerprint density at radius 1 is 1.19 bits per heavy atom. The predicted octanol–water partition coefficient (Wildman–Crippen LogP) is 4.66. The van der Waals surface area contributed by atoms with E-state index in [9.17, 15) is 5.11 Å². The number of rotatable bonds is 2. The van der Waals surface area contributed by atoms with E-state index in [1.165, 1.54) is 23.9 Å². The first kappa shape index (κ1) is 13.1. The molecule has 0 aliphatic heterocycles. The second-order valence-corrected chi connectivity index (χ2v) is 6.86. The summed E-state index contributed by atoms with van der Waals surface area (Å²) in [4.78, 5) is 4.83. The molecule has 0 atom stereocenters. The first-order valence-corrected chi connectivity index (χ1v) is 8.19. The van der Waals surface area contributed by atoms with Crippen LogP contribution in [0.2, 0.25) is 0 Å². The zero-order valence-corrected chi connectivity index (χ0v) is 13.8. The monoisotopic (exact) mass is 390 g/mol. The first-order valence-electron chi connectivity index (χ1n) is 7.11. The summed E-state index contributed by atoms with van der Waals surface area (Å²) in [5.74, 6) is 1.28. The Labute approximate surface area is 136 Å². The van der Waals surface area contributed by atoms with Crippen molar-refractivity contribution >= 4 is 33.6 Å². The number of benzene rings is 2. The highest BCUT2D eigenvalue weighted by Gasteiger charge is 2.28. The number of halogens is 1. The van der Waals surface area contributed by atoms with Crippen LogP contribution in [0.3, 0.4) is 0 Å². The van der Waals surface area contributed by atoms with Gasteiger partial charge in [0.1, 0.15) is 11.6 Å².